The maximum Gasteiger partial charge on any atom is 0.293 e. The third-order valence-electron chi connectivity index (χ3n) is 1.81. The van der Waals surface area contributed by atoms with Crippen LogP contribution in [0.1, 0.15) is 18.1 Å². The molecule has 0 N–H and O–H groups in total. The summed E-state index contributed by atoms with van der Waals surface area (Å²) in [6.45, 7) is 2.94. The molecule has 0 saturated carbocycles. The lowest BCUT2D eigenvalue weighted by Crippen LogP contribution is -1.95. The Balaban J connectivity index is 2.74. The lowest BCUT2D eigenvalue weighted by atomic mass is 10.1. The quantitative estimate of drug-likeness (QED) is 0.635. The van der Waals surface area contributed by atoms with Gasteiger partial charge in [0.05, 0.1) is 0 Å². The Bertz CT molecular complexity index is 256. The maximum absolute atomic E-state index is 9.96. The van der Waals surface area contributed by atoms with Gasteiger partial charge in [0.2, 0.25) is 0 Å². The first kappa shape index (κ1) is 8.78. The van der Waals surface area contributed by atoms with Gasteiger partial charge in [0.1, 0.15) is 6.61 Å². The van der Waals surface area contributed by atoms with Crippen LogP contribution in [0.3, 0.4) is 0 Å². The largest absolute Gasteiger partial charge is 0.463 e. The summed E-state index contributed by atoms with van der Waals surface area (Å²) in [7, 11) is 0. The van der Waals surface area contributed by atoms with Crippen LogP contribution in [0.25, 0.3) is 0 Å². The highest BCUT2D eigenvalue weighted by Gasteiger charge is 1.98. The van der Waals surface area contributed by atoms with E-state index in [-0.39, 0.29) is 0 Å². The van der Waals surface area contributed by atoms with E-state index in [1.165, 1.54) is 5.56 Å². The molecule has 0 heterocycles. The second kappa shape index (κ2) is 4.54. The van der Waals surface area contributed by atoms with Crippen LogP contribution in [0.15, 0.2) is 24.3 Å². The summed E-state index contributed by atoms with van der Waals surface area (Å²) in [5, 5.41) is 0. The van der Waals surface area contributed by atoms with Gasteiger partial charge in [-0.3, -0.25) is 4.79 Å². The minimum absolute atomic E-state index is 0.382. The van der Waals surface area contributed by atoms with E-state index in [4.69, 9.17) is 0 Å². The topological polar surface area (TPSA) is 26.3 Å². The summed E-state index contributed by atoms with van der Waals surface area (Å²) in [5.74, 6) is 0. The van der Waals surface area contributed by atoms with Crippen molar-refractivity contribution in [1.29, 1.82) is 0 Å². The minimum atomic E-state index is 0.382. The third kappa shape index (κ3) is 2.09. The van der Waals surface area contributed by atoms with Gasteiger partial charge in [-0.15, -0.1) is 0 Å². The van der Waals surface area contributed by atoms with Crippen molar-refractivity contribution in [2.24, 2.45) is 0 Å². The molecule has 0 aliphatic carbocycles. The maximum atomic E-state index is 9.96. The molecular weight excluding hydrogens is 152 g/mol. The Morgan fingerprint density at radius 2 is 2.00 bits per heavy atom. The summed E-state index contributed by atoms with van der Waals surface area (Å²) in [4.78, 5) is 9.96. The molecule has 0 aliphatic heterocycles. The molecule has 1 aromatic rings. The zero-order valence-electron chi connectivity index (χ0n) is 7.12. The van der Waals surface area contributed by atoms with Crippen LogP contribution in [-0.4, -0.2) is 6.47 Å². The van der Waals surface area contributed by atoms with E-state index in [2.05, 4.69) is 11.7 Å². The van der Waals surface area contributed by atoms with Crippen molar-refractivity contribution < 1.29 is 9.53 Å². The highest BCUT2D eigenvalue weighted by Crippen LogP contribution is 2.09. The molecule has 0 amide bonds. The van der Waals surface area contributed by atoms with Crippen molar-refractivity contribution in [1.82, 2.24) is 0 Å². The predicted molar refractivity (Wildman–Crippen MR) is 46.7 cm³/mol. The Hall–Kier alpha value is -1.31. The molecular formula is C10H12O2. The Labute approximate surface area is 72.2 Å². The molecule has 1 aromatic carbocycles. The number of aryl methyl sites for hydroxylation is 1. The predicted octanol–water partition coefficient (Wildman–Crippen LogP) is 1.92. The summed E-state index contributed by atoms with van der Waals surface area (Å²) in [5.41, 5.74) is 2.33. The van der Waals surface area contributed by atoms with Crippen molar-refractivity contribution in [3.63, 3.8) is 0 Å². The van der Waals surface area contributed by atoms with Crippen LogP contribution in [0.5, 0.6) is 0 Å². The molecule has 64 valence electrons. The molecule has 0 radical (unpaired) electrons. The standard InChI is InChI=1S/C10H12O2/c1-2-9-5-3-4-6-10(9)7-12-8-11/h3-6,8H,2,7H2,1H3. The van der Waals surface area contributed by atoms with E-state index < -0.39 is 0 Å². The lowest BCUT2D eigenvalue weighted by molar-refractivity contribution is -0.129. The monoisotopic (exact) mass is 164 g/mol. The zero-order valence-corrected chi connectivity index (χ0v) is 7.12. The Morgan fingerprint density at radius 1 is 1.33 bits per heavy atom. The molecule has 0 aliphatic rings. The molecule has 0 unspecified atom stereocenters. The number of hydrogen-bond acceptors (Lipinski definition) is 2. The summed E-state index contributed by atoms with van der Waals surface area (Å²) < 4.78 is 4.68. The van der Waals surface area contributed by atoms with Gasteiger partial charge in [0, 0.05) is 0 Å². The van der Waals surface area contributed by atoms with Gasteiger partial charge in [0.25, 0.3) is 6.47 Å². The van der Waals surface area contributed by atoms with Crippen molar-refractivity contribution in [2.45, 2.75) is 20.0 Å². The van der Waals surface area contributed by atoms with E-state index in [9.17, 15) is 4.79 Å². The SMILES string of the molecule is CCc1ccccc1COC=O. The first-order valence-electron chi connectivity index (χ1n) is 4.00. The van der Waals surface area contributed by atoms with Crippen molar-refractivity contribution >= 4 is 6.47 Å². The number of carbonyl (C=O) groups excluding carboxylic acids is 1. The molecule has 0 saturated heterocycles. The number of carbonyl (C=O) groups is 1. The van der Waals surface area contributed by atoms with Crippen molar-refractivity contribution in [3.05, 3.63) is 35.4 Å². The zero-order chi connectivity index (χ0) is 8.81. The van der Waals surface area contributed by atoms with E-state index in [1.54, 1.807) is 0 Å². The van der Waals surface area contributed by atoms with Gasteiger partial charge < -0.3 is 4.74 Å². The molecule has 1 rings (SSSR count). The van der Waals surface area contributed by atoms with Crippen molar-refractivity contribution in [3.8, 4) is 0 Å². The fourth-order valence-electron chi connectivity index (χ4n) is 1.17. The smallest absolute Gasteiger partial charge is 0.293 e. The van der Waals surface area contributed by atoms with Gasteiger partial charge in [-0.25, -0.2) is 0 Å². The second-order valence-corrected chi connectivity index (χ2v) is 2.53. The van der Waals surface area contributed by atoms with Crippen LogP contribution in [0, 0.1) is 0 Å². The van der Waals surface area contributed by atoms with E-state index >= 15 is 0 Å². The molecule has 0 fully saturated rings. The summed E-state index contributed by atoms with van der Waals surface area (Å²) in [6, 6.07) is 7.96. The first-order valence-corrected chi connectivity index (χ1v) is 4.00. The fourth-order valence-corrected chi connectivity index (χ4v) is 1.17. The lowest BCUT2D eigenvalue weighted by Gasteiger charge is -2.04. The van der Waals surface area contributed by atoms with Crippen molar-refractivity contribution in [2.75, 3.05) is 0 Å². The molecule has 0 bridgehead atoms. The highest BCUT2D eigenvalue weighted by atomic mass is 16.5. The van der Waals surface area contributed by atoms with Crippen LogP contribution < -0.4 is 0 Å². The highest BCUT2D eigenvalue weighted by molar-refractivity contribution is 5.38. The van der Waals surface area contributed by atoms with E-state index in [1.807, 2.05) is 24.3 Å². The summed E-state index contributed by atoms with van der Waals surface area (Å²) >= 11 is 0. The summed E-state index contributed by atoms with van der Waals surface area (Å²) in [6.07, 6.45) is 0.971. The Kier molecular flexibility index (Phi) is 3.33. The molecule has 2 heteroatoms. The molecule has 2 nitrogen and oxygen atoms in total. The van der Waals surface area contributed by atoms with E-state index in [0.29, 0.717) is 13.1 Å². The number of benzene rings is 1. The van der Waals surface area contributed by atoms with Gasteiger partial charge in [-0.05, 0) is 17.5 Å². The molecule has 0 atom stereocenters. The van der Waals surface area contributed by atoms with E-state index in [0.717, 1.165) is 12.0 Å². The van der Waals surface area contributed by atoms with Gasteiger partial charge >= 0.3 is 0 Å². The number of hydrogen-bond donors (Lipinski definition) is 0. The fraction of sp³-hybridized carbons (Fsp3) is 0.300. The van der Waals surface area contributed by atoms with Gasteiger partial charge in [0.15, 0.2) is 0 Å². The first-order chi connectivity index (χ1) is 5.88. The van der Waals surface area contributed by atoms with Crippen LogP contribution >= 0.6 is 0 Å². The van der Waals surface area contributed by atoms with Gasteiger partial charge in [-0.2, -0.15) is 0 Å². The molecule has 0 aromatic heterocycles. The van der Waals surface area contributed by atoms with Crippen LogP contribution in [0.2, 0.25) is 0 Å². The molecule has 12 heavy (non-hydrogen) atoms. The Morgan fingerprint density at radius 3 is 2.58 bits per heavy atom. The van der Waals surface area contributed by atoms with Crippen LogP contribution in [0.4, 0.5) is 0 Å². The average molecular weight is 164 g/mol. The second-order valence-electron chi connectivity index (χ2n) is 2.53. The molecule has 0 spiro atoms. The number of rotatable bonds is 4. The average Bonchev–Trinajstić information content (AvgIpc) is 2.15. The third-order valence-corrected chi connectivity index (χ3v) is 1.81. The normalized spacial score (nSPS) is 9.42. The van der Waals surface area contributed by atoms with Crippen LogP contribution in [-0.2, 0) is 22.6 Å². The minimum Gasteiger partial charge on any atom is -0.463 e. The van der Waals surface area contributed by atoms with Gasteiger partial charge in [-0.1, -0.05) is 31.2 Å². The number of ether oxygens (including phenoxy) is 1.